The highest BCUT2D eigenvalue weighted by Crippen LogP contribution is 2.57. The average molecular weight is 528 g/mol. The van der Waals surface area contributed by atoms with E-state index in [1.165, 1.54) is 10.8 Å². The van der Waals surface area contributed by atoms with Crippen molar-refractivity contribution in [2.75, 3.05) is 0 Å². The number of carbonyl (C=O) groups excluding carboxylic acids is 1. The minimum Gasteiger partial charge on any atom is -0.406 e. The van der Waals surface area contributed by atoms with Crippen LogP contribution in [-0.2, 0) is 23.1 Å². The number of nitrogens with two attached hydrogens (primary N) is 1. The van der Waals surface area contributed by atoms with Crippen LogP contribution in [0.25, 0.3) is 0 Å². The summed E-state index contributed by atoms with van der Waals surface area (Å²) in [4.78, 5) is 39.7. The van der Waals surface area contributed by atoms with Gasteiger partial charge in [0, 0.05) is 11.8 Å². The predicted molar refractivity (Wildman–Crippen MR) is 137 cm³/mol. The number of carbonyl (C=O) groups is 1. The molecule has 1 spiro atoms. The lowest BCUT2D eigenvalue weighted by Crippen LogP contribution is -2.54. The lowest BCUT2D eigenvalue weighted by Gasteiger charge is -2.41. The number of H-pyrrole nitrogens is 1. The van der Waals surface area contributed by atoms with E-state index in [1.807, 2.05) is 0 Å². The maximum absolute atomic E-state index is 12.9. The number of ether oxygens (including phenoxy) is 2. The molecule has 0 saturated carbocycles. The molecule has 0 bridgehead atoms. The molecule has 2 saturated heterocycles. The number of rotatable bonds is 6. The number of aryl methyl sites for hydroxylation is 1. The standard InChI is InChI=1S/C23H41N3O7Si2/c1-13-12-26(20(29)25-17(13)28)18-15(32-34(8,9)21(2,3)4)23(14(31-23)16(24)27)19(30-18)33-35(10,11)22(5,6)7/h12,14-15,18-19H,1-11H3,(H2,24,27)(H,25,28,29)/t14-,15-,18+,19+,23+/m0/s1. The Hall–Kier alpha value is -1.58. The van der Waals surface area contributed by atoms with Gasteiger partial charge >= 0.3 is 5.69 Å². The van der Waals surface area contributed by atoms with Gasteiger partial charge in [-0.15, -0.1) is 0 Å². The first kappa shape index (κ1) is 28.0. The molecule has 3 heterocycles. The number of hydrogen-bond acceptors (Lipinski definition) is 7. The number of amides is 1. The van der Waals surface area contributed by atoms with Gasteiger partial charge in [0.05, 0.1) is 0 Å². The van der Waals surface area contributed by atoms with Gasteiger partial charge in [-0.25, -0.2) is 4.79 Å². The van der Waals surface area contributed by atoms with Crippen LogP contribution < -0.4 is 17.0 Å². The maximum atomic E-state index is 12.9. The maximum Gasteiger partial charge on any atom is 0.330 e. The van der Waals surface area contributed by atoms with E-state index in [0.717, 1.165) is 0 Å². The molecule has 0 aromatic carbocycles. The van der Waals surface area contributed by atoms with E-state index >= 15 is 0 Å². The van der Waals surface area contributed by atoms with Crippen molar-refractivity contribution in [3.8, 4) is 0 Å². The van der Waals surface area contributed by atoms with Gasteiger partial charge in [0.1, 0.15) is 6.10 Å². The summed E-state index contributed by atoms with van der Waals surface area (Å²) in [7, 11) is -4.89. The summed E-state index contributed by atoms with van der Waals surface area (Å²) in [5, 5.41) is -0.339. The Morgan fingerprint density at radius 1 is 1.06 bits per heavy atom. The first-order valence-corrected chi connectivity index (χ1v) is 17.8. The Labute approximate surface area is 208 Å². The summed E-state index contributed by atoms with van der Waals surface area (Å²) >= 11 is 0. The predicted octanol–water partition coefficient (Wildman–Crippen LogP) is 2.74. The third-order valence-corrected chi connectivity index (χ3v) is 17.0. The van der Waals surface area contributed by atoms with Crippen molar-refractivity contribution in [1.82, 2.24) is 9.55 Å². The third kappa shape index (κ3) is 4.76. The van der Waals surface area contributed by atoms with E-state index in [0.29, 0.717) is 5.56 Å². The fraction of sp³-hybridized carbons (Fsp3) is 0.783. The number of nitrogens with zero attached hydrogens (tertiary/aromatic N) is 1. The van der Waals surface area contributed by atoms with Crippen molar-refractivity contribution in [2.45, 2.75) is 115 Å². The summed E-state index contributed by atoms with van der Waals surface area (Å²) in [6, 6.07) is 0. The highest BCUT2D eigenvalue weighted by Gasteiger charge is 2.78. The van der Waals surface area contributed by atoms with Crippen LogP contribution in [0.1, 0.15) is 53.3 Å². The number of hydrogen-bond donors (Lipinski definition) is 2. The molecule has 10 nitrogen and oxygen atoms in total. The minimum atomic E-state index is -2.47. The zero-order chi connectivity index (χ0) is 26.9. The highest BCUT2D eigenvalue weighted by atomic mass is 28.4. The van der Waals surface area contributed by atoms with E-state index in [4.69, 9.17) is 24.1 Å². The monoisotopic (exact) mass is 527 g/mol. The van der Waals surface area contributed by atoms with Crippen molar-refractivity contribution >= 4 is 22.5 Å². The Bertz CT molecular complexity index is 1120. The second-order valence-electron chi connectivity index (χ2n) is 12.8. The number of aromatic nitrogens is 2. The number of primary amides is 1. The Balaban J connectivity index is 2.19. The molecular formula is C23H41N3O7Si2. The van der Waals surface area contributed by atoms with Crippen LogP contribution >= 0.6 is 0 Å². The molecule has 2 fully saturated rings. The summed E-state index contributed by atoms with van der Waals surface area (Å²) in [5.74, 6) is -0.646. The normalized spacial score (nSPS) is 29.6. The Kier molecular flexibility index (Phi) is 6.79. The van der Waals surface area contributed by atoms with Crippen LogP contribution in [0.2, 0.25) is 36.3 Å². The summed E-state index contributed by atoms with van der Waals surface area (Å²) < 4.78 is 27.2. The van der Waals surface area contributed by atoms with Crippen molar-refractivity contribution in [1.29, 1.82) is 0 Å². The quantitative estimate of drug-likeness (QED) is 0.428. The molecule has 3 N–H and O–H groups in total. The summed E-state index contributed by atoms with van der Waals surface area (Å²) in [6.07, 6.45) is -2.39. The first-order valence-electron chi connectivity index (χ1n) is 12.0. The third-order valence-electron chi connectivity index (χ3n) is 8.12. The van der Waals surface area contributed by atoms with E-state index in [1.54, 1.807) is 6.92 Å². The van der Waals surface area contributed by atoms with Crippen LogP contribution in [0.3, 0.4) is 0 Å². The smallest absolute Gasteiger partial charge is 0.330 e. The molecule has 0 aliphatic carbocycles. The minimum absolute atomic E-state index is 0.159. The van der Waals surface area contributed by atoms with Gasteiger partial charge in [-0.3, -0.25) is 19.1 Å². The summed E-state index contributed by atoms with van der Waals surface area (Å²) in [6.45, 7) is 22.4. The van der Waals surface area contributed by atoms with Crippen molar-refractivity contribution < 1.29 is 23.1 Å². The first-order chi connectivity index (χ1) is 15.7. The molecule has 2 aliphatic heterocycles. The molecule has 3 rings (SSSR count). The van der Waals surface area contributed by atoms with Gasteiger partial charge in [0.15, 0.2) is 40.9 Å². The lowest BCUT2D eigenvalue weighted by atomic mass is 9.98. The molecule has 198 valence electrons. The van der Waals surface area contributed by atoms with Gasteiger partial charge in [-0.05, 0) is 43.2 Å². The molecule has 2 aliphatic rings. The molecule has 0 unspecified atom stereocenters. The van der Waals surface area contributed by atoms with Gasteiger partial charge in [0.2, 0.25) is 5.91 Å². The molecular weight excluding hydrogens is 486 g/mol. The van der Waals surface area contributed by atoms with E-state index < -0.39 is 64.1 Å². The molecule has 0 radical (unpaired) electrons. The van der Waals surface area contributed by atoms with Gasteiger partial charge in [0.25, 0.3) is 5.56 Å². The summed E-state index contributed by atoms with van der Waals surface area (Å²) in [5.41, 5.74) is 3.62. The van der Waals surface area contributed by atoms with Crippen molar-refractivity contribution in [2.24, 2.45) is 5.73 Å². The number of aromatic amines is 1. The molecule has 1 amide bonds. The largest absolute Gasteiger partial charge is 0.406 e. The van der Waals surface area contributed by atoms with Gasteiger partial charge in [-0.2, -0.15) is 0 Å². The Morgan fingerprint density at radius 2 is 1.57 bits per heavy atom. The fourth-order valence-electron chi connectivity index (χ4n) is 3.70. The molecule has 35 heavy (non-hydrogen) atoms. The van der Waals surface area contributed by atoms with Crippen LogP contribution in [0.5, 0.6) is 0 Å². The highest BCUT2D eigenvalue weighted by molar-refractivity contribution is 6.74. The van der Waals surface area contributed by atoms with E-state index in [9.17, 15) is 14.4 Å². The fourth-order valence-corrected chi connectivity index (χ4v) is 6.12. The lowest BCUT2D eigenvalue weighted by molar-refractivity contribution is -0.126. The van der Waals surface area contributed by atoms with Crippen LogP contribution in [0.15, 0.2) is 15.8 Å². The SMILES string of the molecule is Cc1cn([C@@H]2O[C@H](O[Si](C)(C)C(C)(C)C)[C@]3(O[C@H]3C(N)=O)[C@H]2O[Si](C)(C)C(C)(C)C)c(=O)[nH]c1=O. The van der Waals surface area contributed by atoms with Crippen LogP contribution in [0.4, 0.5) is 0 Å². The molecule has 5 atom stereocenters. The Morgan fingerprint density at radius 3 is 2.03 bits per heavy atom. The molecule has 1 aromatic rings. The molecule has 12 heteroatoms. The van der Waals surface area contributed by atoms with Crippen LogP contribution in [-0.4, -0.2) is 56.2 Å². The average Bonchev–Trinajstić information content (AvgIpc) is 3.35. The van der Waals surface area contributed by atoms with Gasteiger partial charge < -0.3 is 24.1 Å². The second kappa shape index (κ2) is 8.49. The topological polar surface area (TPSA) is 138 Å². The van der Waals surface area contributed by atoms with E-state index in [2.05, 4.69) is 72.7 Å². The number of nitrogens with one attached hydrogen (secondary N) is 1. The number of epoxide rings is 1. The second-order valence-corrected chi connectivity index (χ2v) is 22.3. The van der Waals surface area contributed by atoms with E-state index in [-0.39, 0.29) is 10.1 Å². The van der Waals surface area contributed by atoms with Crippen LogP contribution in [0, 0.1) is 6.92 Å². The van der Waals surface area contributed by atoms with Gasteiger partial charge in [-0.1, -0.05) is 41.5 Å². The zero-order valence-corrected chi connectivity index (χ0v) is 24.8. The van der Waals surface area contributed by atoms with Crippen molar-refractivity contribution in [3.05, 3.63) is 32.6 Å². The molecule has 1 aromatic heterocycles. The zero-order valence-electron chi connectivity index (χ0n) is 22.8. The van der Waals surface area contributed by atoms with Crippen molar-refractivity contribution in [3.63, 3.8) is 0 Å².